The number of hydrogen-bond donors (Lipinski definition) is 4. The number of fused-ring (bicyclic) bond motifs is 3. The van der Waals surface area contributed by atoms with E-state index >= 15 is 0 Å². The second-order valence-corrected chi connectivity index (χ2v) is 10.4. The summed E-state index contributed by atoms with van der Waals surface area (Å²) < 4.78 is 5.71. The molecule has 10 heteroatoms. The lowest BCUT2D eigenvalue weighted by atomic mass is 9.88. The highest BCUT2D eigenvalue weighted by atomic mass is 35.5. The molecular formula is C26H29ClN6O3. The van der Waals surface area contributed by atoms with Gasteiger partial charge in [-0.15, -0.1) is 0 Å². The monoisotopic (exact) mass is 508 g/mol. The molecule has 3 aliphatic rings. The number of hydrogen-bond acceptors (Lipinski definition) is 7. The maximum Gasteiger partial charge on any atom is 0.223 e. The number of anilines is 1. The number of carbonyl (C=O) groups excluding carboxylic acids is 1. The van der Waals surface area contributed by atoms with E-state index < -0.39 is 0 Å². The molecule has 0 radical (unpaired) electrons. The number of allylic oxidation sites excluding steroid dienone is 1. The second kappa shape index (κ2) is 9.06. The first-order valence-electron chi connectivity index (χ1n) is 12.3. The molecule has 0 spiro atoms. The predicted molar refractivity (Wildman–Crippen MR) is 138 cm³/mol. The van der Waals surface area contributed by atoms with Crippen molar-refractivity contribution in [2.24, 2.45) is 23.5 Å². The number of nitrogens with zero attached hydrogens (tertiary/aromatic N) is 3. The van der Waals surface area contributed by atoms with Crippen LogP contribution < -0.4 is 15.8 Å². The van der Waals surface area contributed by atoms with Crippen LogP contribution >= 0.6 is 11.6 Å². The van der Waals surface area contributed by atoms with E-state index in [9.17, 15) is 9.90 Å². The van der Waals surface area contributed by atoms with Crippen molar-refractivity contribution in [1.82, 2.24) is 19.9 Å². The van der Waals surface area contributed by atoms with Gasteiger partial charge in [-0.3, -0.25) is 9.69 Å². The minimum Gasteiger partial charge on any atom is -0.496 e. The normalized spacial score (nSPS) is 27.2. The number of aromatic nitrogens is 3. The number of β-amino-alcohol motifs (C(OH)–C–C–N with tert-alkyl or cyclic N) is 1. The third-order valence-corrected chi connectivity index (χ3v) is 8.03. The van der Waals surface area contributed by atoms with Gasteiger partial charge in [-0.1, -0.05) is 29.8 Å². The number of nitrogens with two attached hydrogens (primary N) is 1. The molecule has 3 heterocycles. The number of H-pyrrole nitrogens is 1. The van der Waals surface area contributed by atoms with Gasteiger partial charge in [0.25, 0.3) is 0 Å². The van der Waals surface area contributed by atoms with Crippen molar-refractivity contribution in [2.75, 3.05) is 25.5 Å². The van der Waals surface area contributed by atoms with Crippen molar-refractivity contribution in [3.8, 4) is 17.1 Å². The number of methoxy groups -OCH3 is 1. The SMILES string of the molecule is COc1cc(CN2CC[C@@H](O)C2)ccc1-c1nc2ncc(Cl)c(N[C@H]3[C@@H](C(N)=O)[C@@H]4C=C[C@@H]3C4)c2[nH]1. The molecule has 2 aliphatic carbocycles. The summed E-state index contributed by atoms with van der Waals surface area (Å²) in [4.78, 5) is 27.0. The third-order valence-electron chi connectivity index (χ3n) is 7.75. The van der Waals surface area contributed by atoms with E-state index in [-0.39, 0.29) is 35.8 Å². The first-order chi connectivity index (χ1) is 17.4. The molecule has 0 unspecified atom stereocenters. The number of aliphatic hydroxyl groups excluding tert-OH is 1. The van der Waals surface area contributed by atoms with Crippen molar-refractivity contribution in [2.45, 2.75) is 31.5 Å². The van der Waals surface area contributed by atoms with Gasteiger partial charge in [-0.2, -0.15) is 0 Å². The number of halogens is 1. The van der Waals surface area contributed by atoms with E-state index in [0.29, 0.717) is 40.0 Å². The number of carbonyl (C=O) groups is 1. The molecule has 188 valence electrons. The standard InChI is InChI=1S/C26H29ClN6O3/c1-36-19-8-13(11-33-7-6-16(34)12-33)2-5-17(19)25-31-23-22(18(27)10-29-26(23)32-25)30-21-15-4-3-14(9-15)20(21)24(28)35/h2-5,8,10,14-16,20-21,34H,6-7,9,11-12H2,1H3,(H2,28,35)(H2,29,30,31,32)/t14-,15-,16-,20+,21-/m1/s1. The molecule has 36 heavy (non-hydrogen) atoms. The maximum atomic E-state index is 12.2. The van der Waals surface area contributed by atoms with Gasteiger partial charge in [0.1, 0.15) is 17.1 Å². The van der Waals surface area contributed by atoms with Gasteiger partial charge >= 0.3 is 0 Å². The molecule has 6 rings (SSSR count). The van der Waals surface area contributed by atoms with Crippen LogP contribution in [0.5, 0.6) is 5.75 Å². The van der Waals surface area contributed by atoms with Crippen molar-refractivity contribution in [1.29, 1.82) is 0 Å². The largest absolute Gasteiger partial charge is 0.496 e. The Labute approximate surface area is 213 Å². The molecule has 2 fully saturated rings. The lowest BCUT2D eigenvalue weighted by Gasteiger charge is -2.28. The van der Waals surface area contributed by atoms with Gasteiger partial charge in [-0.05, 0) is 42.4 Å². The average molecular weight is 509 g/mol. The minimum atomic E-state index is -0.302. The Balaban J connectivity index is 1.32. The zero-order chi connectivity index (χ0) is 25.0. The van der Waals surface area contributed by atoms with Crippen molar-refractivity contribution in [3.63, 3.8) is 0 Å². The van der Waals surface area contributed by atoms with Crippen LogP contribution in [0.1, 0.15) is 18.4 Å². The fourth-order valence-electron chi connectivity index (χ4n) is 6.02. The summed E-state index contributed by atoms with van der Waals surface area (Å²) in [5, 5.41) is 13.8. The van der Waals surface area contributed by atoms with Crippen molar-refractivity contribution >= 4 is 34.4 Å². The highest BCUT2D eigenvalue weighted by Gasteiger charge is 2.47. The zero-order valence-corrected chi connectivity index (χ0v) is 20.7. The van der Waals surface area contributed by atoms with Crippen LogP contribution in [0, 0.1) is 17.8 Å². The van der Waals surface area contributed by atoms with Crippen LogP contribution in [0.25, 0.3) is 22.6 Å². The number of imidazole rings is 1. The number of rotatable bonds is 7. The summed E-state index contributed by atoms with van der Waals surface area (Å²) in [6.07, 6.45) is 7.28. The van der Waals surface area contributed by atoms with Crippen molar-refractivity contribution in [3.05, 3.63) is 47.1 Å². The number of pyridine rings is 1. The number of nitrogens with one attached hydrogen (secondary N) is 2. The zero-order valence-electron chi connectivity index (χ0n) is 19.9. The lowest BCUT2D eigenvalue weighted by Crippen LogP contribution is -2.41. The van der Waals surface area contributed by atoms with Crippen LogP contribution in [-0.4, -0.2) is 63.2 Å². The van der Waals surface area contributed by atoms with E-state index in [0.717, 1.165) is 37.1 Å². The molecule has 1 saturated carbocycles. The van der Waals surface area contributed by atoms with Gasteiger partial charge in [-0.25, -0.2) is 9.97 Å². The second-order valence-electron chi connectivity index (χ2n) is 10.0. The Hall–Kier alpha value is -3.14. The number of amides is 1. The fourth-order valence-corrected chi connectivity index (χ4v) is 6.22. The number of primary amides is 1. The molecule has 5 atom stereocenters. The molecule has 1 saturated heterocycles. The van der Waals surface area contributed by atoms with Gasteiger partial charge in [0.05, 0.1) is 41.6 Å². The van der Waals surface area contributed by atoms with Gasteiger partial charge in [0.15, 0.2) is 5.65 Å². The molecule has 1 aromatic carbocycles. The maximum absolute atomic E-state index is 12.2. The fraction of sp³-hybridized carbons (Fsp3) is 0.423. The van der Waals surface area contributed by atoms with E-state index in [4.69, 9.17) is 27.1 Å². The van der Waals surface area contributed by atoms with E-state index in [1.165, 1.54) is 0 Å². The Morgan fingerprint density at radius 2 is 2.19 bits per heavy atom. The Morgan fingerprint density at radius 3 is 2.94 bits per heavy atom. The van der Waals surface area contributed by atoms with E-state index in [1.807, 2.05) is 18.2 Å². The Morgan fingerprint density at radius 1 is 1.36 bits per heavy atom. The van der Waals surface area contributed by atoms with Crippen LogP contribution in [0.15, 0.2) is 36.5 Å². The van der Waals surface area contributed by atoms with E-state index in [1.54, 1.807) is 13.3 Å². The van der Waals surface area contributed by atoms with E-state index in [2.05, 4.69) is 32.3 Å². The average Bonchev–Trinajstić information content (AvgIpc) is 3.65. The summed E-state index contributed by atoms with van der Waals surface area (Å²) in [6.45, 7) is 2.31. The molecule has 5 N–H and O–H groups in total. The molecule has 3 aromatic rings. The molecule has 2 bridgehead atoms. The molecule has 2 aromatic heterocycles. The summed E-state index contributed by atoms with van der Waals surface area (Å²) >= 11 is 6.58. The highest BCUT2D eigenvalue weighted by molar-refractivity contribution is 6.34. The van der Waals surface area contributed by atoms with Gasteiger partial charge in [0, 0.05) is 25.7 Å². The minimum absolute atomic E-state index is 0.134. The summed E-state index contributed by atoms with van der Waals surface area (Å²) in [5.41, 5.74) is 9.52. The highest BCUT2D eigenvalue weighted by Crippen LogP contribution is 2.46. The summed E-state index contributed by atoms with van der Waals surface area (Å²) in [5.74, 6) is 1.10. The molecule has 1 amide bonds. The first-order valence-corrected chi connectivity index (χ1v) is 12.6. The van der Waals surface area contributed by atoms with Crippen LogP contribution in [-0.2, 0) is 11.3 Å². The number of ether oxygens (including phenoxy) is 1. The number of aromatic amines is 1. The van der Waals surface area contributed by atoms with Crippen molar-refractivity contribution < 1.29 is 14.6 Å². The lowest BCUT2D eigenvalue weighted by molar-refractivity contribution is -0.122. The predicted octanol–water partition coefficient (Wildman–Crippen LogP) is 2.94. The summed E-state index contributed by atoms with van der Waals surface area (Å²) in [6, 6.07) is 5.90. The molecular weight excluding hydrogens is 480 g/mol. The quantitative estimate of drug-likeness (QED) is 0.361. The van der Waals surface area contributed by atoms with Crippen LogP contribution in [0.3, 0.4) is 0 Å². The van der Waals surface area contributed by atoms with Gasteiger partial charge < -0.3 is 25.9 Å². The first kappa shape index (κ1) is 23.3. The van der Waals surface area contributed by atoms with Crippen LogP contribution in [0.2, 0.25) is 5.02 Å². The Bertz CT molecular complexity index is 1360. The number of likely N-dealkylation sites (tertiary alicyclic amines) is 1. The molecule has 9 nitrogen and oxygen atoms in total. The van der Waals surface area contributed by atoms with Crippen LogP contribution in [0.4, 0.5) is 5.69 Å². The number of benzene rings is 1. The number of aliphatic hydroxyl groups is 1. The van der Waals surface area contributed by atoms with Gasteiger partial charge in [0.2, 0.25) is 5.91 Å². The molecule has 1 aliphatic heterocycles. The Kier molecular flexibility index (Phi) is 5.86. The summed E-state index contributed by atoms with van der Waals surface area (Å²) in [7, 11) is 1.64. The topological polar surface area (TPSA) is 129 Å². The third kappa shape index (κ3) is 4.01. The smallest absolute Gasteiger partial charge is 0.223 e.